The van der Waals surface area contributed by atoms with Crippen LogP contribution in [0.1, 0.15) is 31.2 Å². The van der Waals surface area contributed by atoms with E-state index >= 15 is 0 Å². The Morgan fingerprint density at radius 1 is 1.37 bits per heavy atom. The van der Waals surface area contributed by atoms with Crippen LogP contribution in [0.2, 0.25) is 0 Å². The third-order valence-corrected chi connectivity index (χ3v) is 3.78. The van der Waals surface area contributed by atoms with Crippen molar-refractivity contribution in [3.63, 3.8) is 0 Å². The number of nitrogens with zero attached hydrogens (tertiary/aromatic N) is 1. The molecule has 0 saturated carbocycles. The first-order valence-electron chi connectivity index (χ1n) is 8.54. The Bertz CT molecular complexity index is 748. The second-order valence-corrected chi connectivity index (χ2v) is 6.14. The van der Waals surface area contributed by atoms with E-state index in [1.165, 1.54) is 13.2 Å². The van der Waals surface area contributed by atoms with Crippen molar-refractivity contribution < 1.29 is 13.5 Å². The van der Waals surface area contributed by atoms with E-state index in [1.54, 1.807) is 12.3 Å². The largest absolute Gasteiger partial charge is 0.494 e. The molecule has 0 aliphatic rings. The predicted octanol–water partition coefficient (Wildman–Crippen LogP) is 4.46. The van der Waals surface area contributed by atoms with Crippen molar-refractivity contribution in [2.75, 3.05) is 20.2 Å². The summed E-state index contributed by atoms with van der Waals surface area (Å²) in [5.41, 5.74) is 1.76. The summed E-state index contributed by atoms with van der Waals surface area (Å²) in [5, 5.41) is 6.56. The highest BCUT2D eigenvalue weighted by Crippen LogP contribution is 2.21. The maximum absolute atomic E-state index is 13.9. The van der Waals surface area contributed by atoms with E-state index in [0.717, 1.165) is 23.3 Å². The number of benzene rings is 1. The van der Waals surface area contributed by atoms with Crippen molar-refractivity contribution in [3.05, 3.63) is 65.9 Å². The third-order valence-electron chi connectivity index (χ3n) is 3.78. The highest BCUT2D eigenvalue weighted by atomic mass is 127. The van der Waals surface area contributed by atoms with Crippen LogP contribution in [0.25, 0.3) is 0 Å². The van der Waals surface area contributed by atoms with Crippen LogP contribution < -0.4 is 15.4 Å². The average Bonchev–Trinajstić information content (AvgIpc) is 3.12. The second-order valence-electron chi connectivity index (χ2n) is 6.14. The van der Waals surface area contributed by atoms with Crippen LogP contribution in [-0.4, -0.2) is 26.2 Å². The zero-order valence-electron chi connectivity index (χ0n) is 15.9. The number of hydrogen-bond donors (Lipinski definition) is 2. The quantitative estimate of drug-likeness (QED) is 0.250. The van der Waals surface area contributed by atoms with E-state index < -0.39 is 0 Å². The van der Waals surface area contributed by atoms with Gasteiger partial charge in [-0.3, -0.25) is 0 Å². The molecule has 0 saturated heterocycles. The molecule has 0 aliphatic heterocycles. The van der Waals surface area contributed by atoms with Gasteiger partial charge < -0.3 is 19.8 Å². The van der Waals surface area contributed by atoms with Gasteiger partial charge in [0.15, 0.2) is 17.5 Å². The lowest BCUT2D eigenvalue weighted by Crippen LogP contribution is -2.40. The van der Waals surface area contributed by atoms with Crippen molar-refractivity contribution in [1.29, 1.82) is 0 Å². The van der Waals surface area contributed by atoms with Gasteiger partial charge in [-0.15, -0.1) is 24.0 Å². The Morgan fingerprint density at radius 2 is 2.15 bits per heavy atom. The smallest absolute Gasteiger partial charge is 0.192 e. The number of aliphatic imine (C=N–C) groups is 1. The lowest BCUT2D eigenvalue weighted by Gasteiger charge is -2.19. The van der Waals surface area contributed by atoms with Gasteiger partial charge in [-0.1, -0.05) is 18.2 Å². The van der Waals surface area contributed by atoms with Gasteiger partial charge in [0.2, 0.25) is 0 Å². The molecule has 27 heavy (non-hydrogen) atoms. The summed E-state index contributed by atoms with van der Waals surface area (Å²) < 4.78 is 24.2. The number of nitrogens with one attached hydrogen (secondary N) is 2. The number of guanidine groups is 1. The summed E-state index contributed by atoms with van der Waals surface area (Å²) in [5.74, 6) is 1.39. The second kappa shape index (κ2) is 11.6. The van der Waals surface area contributed by atoms with Gasteiger partial charge in [0, 0.05) is 13.0 Å². The van der Waals surface area contributed by atoms with Crippen molar-refractivity contribution in [1.82, 2.24) is 10.6 Å². The molecule has 0 fully saturated rings. The summed E-state index contributed by atoms with van der Waals surface area (Å²) in [6.45, 7) is 8.93. The molecule has 1 aromatic carbocycles. The SMILES string of the molecule is C=C(C)CN=C(NCCc1ccco1)NC(C)c1ccc(OC)c(F)c1.I. The van der Waals surface area contributed by atoms with Gasteiger partial charge in [-0.2, -0.15) is 0 Å². The molecule has 2 rings (SSSR count). The maximum atomic E-state index is 13.9. The molecule has 0 spiro atoms. The van der Waals surface area contributed by atoms with E-state index in [-0.39, 0.29) is 41.6 Å². The normalized spacial score (nSPS) is 12.1. The van der Waals surface area contributed by atoms with Crippen LogP contribution in [0.3, 0.4) is 0 Å². The fraction of sp³-hybridized carbons (Fsp3) is 0.350. The number of methoxy groups -OCH3 is 1. The van der Waals surface area contributed by atoms with Gasteiger partial charge >= 0.3 is 0 Å². The van der Waals surface area contributed by atoms with Gasteiger partial charge in [0.25, 0.3) is 0 Å². The first-order valence-corrected chi connectivity index (χ1v) is 8.54. The molecule has 7 heteroatoms. The molecule has 2 aromatic rings. The van der Waals surface area contributed by atoms with Crippen LogP contribution in [0.4, 0.5) is 4.39 Å². The summed E-state index contributed by atoms with van der Waals surface area (Å²) in [7, 11) is 1.45. The minimum atomic E-state index is -0.384. The Hall–Kier alpha value is -2.03. The summed E-state index contributed by atoms with van der Waals surface area (Å²) in [4.78, 5) is 4.51. The molecule has 148 valence electrons. The summed E-state index contributed by atoms with van der Waals surface area (Å²) >= 11 is 0. The standard InChI is InChI=1S/C20H26FN3O2.HI/c1-14(2)13-23-20(22-10-9-17-6-5-11-26-17)24-15(3)16-7-8-19(25-4)18(21)12-16;/h5-8,11-12,15H,1,9-10,13H2,2-4H3,(H2,22,23,24);1H. The minimum absolute atomic E-state index is 0. The highest BCUT2D eigenvalue weighted by molar-refractivity contribution is 14.0. The Labute approximate surface area is 177 Å². The molecular weight excluding hydrogens is 460 g/mol. The molecule has 0 aliphatic carbocycles. The van der Waals surface area contributed by atoms with Crippen LogP contribution >= 0.6 is 24.0 Å². The molecule has 1 heterocycles. The van der Waals surface area contributed by atoms with Crippen molar-refractivity contribution in [2.24, 2.45) is 4.99 Å². The van der Waals surface area contributed by atoms with Crippen LogP contribution in [-0.2, 0) is 6.42 Å². The highest BCUT2D eigenvalue weighted by Gasteiger charge is 2.11. The van der Waals surface area contributed by atoms with Gasteiger partial charge in [-0.05, 0) is 43.7 Å². The Balaban J connectivity index is 0.00000364. The van der Waals surface area contributed by atoms with E-state index in [1.807, 2.05) is 32.0 Å². The van der Waals surface area contributed by atoms with E-state index in [9.17, 15) is 4.39 Å². The monoisotopic (exact) mass is 487 g/mol. The molecule has 1 atom stereocenters. The molecule has 0 amide bonds. The van der Waals surface area contributed by atoms with Crippen LogP contribution in [0.15, 0.2) is 58.2 Å². The first kappa shape index (κ1) is 23.0. The first-order chi connectivity index (χ1) is 12.5. The number of furan rings is 1. The van der Waals surface area contributed by atoms with E-state index in [2.05, 4.69) is 22.2 Å². The Morgan fingerprint density at radius 3 is 2.74 bits per heavy atom. The van der Waals surface area contributed by atoms with Crippen molar-refractivity contribution in [2.45, 2.75) is 26.3 Å². The van der Waals surface area contributed by atoms with Crippen LogP contribution in [0, 0.1) is 5.82 Å². The fourth-order valence-corrected chi connectivity index (χ4v) is 2.37. The van der Waals surface area contributed by atoms with Crippen molar-refractivity contribution in [3.8, 4) is 5.75 Å². The third kappa shape index (κ3) is 7.62. The van der Waals surface area contributed by atoms with Crippen LogP contribution in [0.5, 0.6) is 5.75 Å². The van der Waals surface area contributed by atoms with Gasteiger partial charge in [0.05, 0.1) is 26.0 Å². The molecule has 0 bridgehead atoms. The average molecular weight is 487 g/mol. The fourth-order valence-electron chi connectivity index (χ4n) is 2.37. The molecule has 2 N–H and O–H groups in total. The molecule has 1 aromatic heterocycles. The lowest BCUT2D eigenvalue weighted by molar-refractivity contribution is 0.386. The lowest BCUT2D eigenvalue weighted by atomic mass is 10.1. The van der Waals surface area contributed by atoms with Gasteiger partial charge in [0.1, 0.15) is 5.76 Å². The van der Waals surface area contributed by atoms with E-state index in [0.29, 0.717) is 19.0 Å². The number of hydrogen-bond acceptors (Lipinski definition) is 3. The van der Waals surface area contributed by atoms with Gasteiger partial charge in [-0.25, -0.2) is 9.38 Å². The number of rotatable bonds is 8. The van der Waals surface area contributed by atoms with Crippen molar-refractivity contribution >= 4 is 29.9 Å². The Kier molecular flexibility index (Phi) is 9.92. The summed E-state index contributed by atoms with van der Waals surface area (Å²) in [6, 6.07) is 8.59. The van der Waals surface area contributed by atoms with E-state index in [4.69, 9.17) is 9.15 Å². The molecule has 1 unspecified atom stereocenters. The molecular formula is C20H27FIN3O2. The maximum Gasteiger partial charge on any atom is 0.192 e. The number of halogens is 2. The zero-order valence-corrected chi connectivity index (χ0v) is 18.3. The topological polar surface area (TPSA) is 58.8 Å². The molecule has 0 radical (unpaired) electrons. The zero-order chi connectivity index (χ0) is 18.9. The predicted molar refractivity (Wildman–Crippen MR) is 117 cm³/mol. The summed E-state index contributed by atoms with van der Waals surface area (Å²) in [6.07, 6.45) is 2.40. The molecule has 5 nitrogen and oxygen atoms in total. The minimum Gasteiger partial charge on any atom is -0.494 e. The number of ether oxygens (including phenoxy) is 1.